The van der Waals surface area contributed by atoms with Crippen LogP contribution in [0.2, 0.25) is 0 Å². The van der Waals surface area contributed by atoms with Gasteiger partial charge in [-0.1, -0.05) is 23.8 Å². The van der Waals surface area contributed by atoms with E-state index in [-0.39, 0.29) is 5.91 Å². The van der Waals surface area contributed by atoms with Gasteiger partial charge >= 0.3 is 0 Å². The Morgan fingerprint density at radius 3 is 2.61 bits per heavy atom. The second kappa shape index (κ2) is 7.54. The fourth-order valence-electron chi connectivity index (χ4n) is 1.61. The number of carbonyl (C=O) groups excluding carboxylic acids is 1. The van der Waals surface area contributed by atoms with Gasteiger partial charge in [-0.2, -0.15) is 0 Å². The van der Waals surface area contributed by atoms with Crippen LogP contribution < -0.4 is 4.74 Å². The highest BCUT2D eigenvalue weighted by molar-refractivity contribution is 5.73. The molecule has 1 aromatic rings. The van der Waals surface area contributed by atoms with Crippen LogP contribution in [0.1, 0.15) is 18.9 Å². The van der Waals surface area contributed by atoms with Crippen molar-refractivity contribution < 1.29 is 9.53 Å². The molecule has 0 saturated carbocycles. The van der Waals surface area contributed by atoms with Crippen LogP contribution in [-0.4, -0.2) is 30.5 Å². The molecule has 0 aromatic heterocycles. The zero-order chi connectivity index (χ0) is 13.4. The minimum absolute atomic E-state index is 0.0743. The van der Waals surface area contributed by atoms with Crippen molar-refractivity contribution in [2.45, 2.75) is 20.3 Å². The van der Waals surface area contributed by atoms with Gasteiger partial charge in [-0.3, -0.25) is 4.79 Å². The van der Waals surface area contributed by atoms with E-state index in [0.717, 1.165) is 12.2 Å². The topological polar surface area (TPSA) is 29.5 Å². The van der Waals surface area contributed by atoms with E-state index in [1.807, 2.05) is 31.2 Å². The molecule has 0 aliphatic carbocycles. The Morgan fingerprint density at radius 2 is 2.06 bits per heavy atom. The molecule has 18 heavy (non-hydrogen) atoms. The maximum atomic E-state index is 11.3. The third kappa shape index (κ3) is 5.04. The van der Waals surface area contributed by atoms with Crippen LogP contribution in [0.4, 0.5) is 0 Å². The van der Waals surface area contributed by atoms with Gasteiger partial charge in [-0.15, -0.1) is 6.58 Å². The number of rotatable bonds is 7. The van der Waals surface area contributed by atoms with Crippen molar-refractivity contribution in [2.24, 2.45) is 0 Å². The maximum absolute atomic E-state index is 11.3. The maximum Gasteiger partial charge on any atom is 0.219 e. The summed E-state index contributed by atoms with van der Waals surface area (Å²) in [5.74, 6) is 0.948. The second-order valence-electron chi connectivity index (χ2n) is 4.27. The molecule has 0 fully saturated rings. The Hall–Kier alpha value is -1.77. The van der Waals surface area contributed by atoms with Crippen LogP contribution in [-0.2, 0) is 4.79 Å². The highest BCUT2D eigenvalue weighted by Gasteiger charge is 2.05. The van der Waals surface area contributed by atoms with Crippen LogP contribution in [0, 0.1) is 6.92 Å². The summed E-state index contributed by atoms with van der Waals surface area (Å²) in [6.45, 7) is 9.17. The van der Waals surface area contributed by atoms with Crippen LogP contribution in [0.5, 0.6) is 5.75 Å². The number of hydrogen-bond donors (Lipinski definition) is 0. The van der Waals surface area contributed by atoms with E-state index in [1.54, 1.807) is 17.9 Å². The van der Waals surface area contributed by atoms with Crippen molar-refractivity contribution in [3.8, 4) is 5.75 Å². The fourth-order valence-corrected chi connectivity index (χ4v) is 1.61. The molecule has 0 saturated heterocycles. The van der Waals surface area contributed by atoms with E-state index in [9.17, 15) is 4.79 Å². The van der Waals surface area contributed by atoms with Gasteiger partial charge in [0.15, 0.2) is 0 Å². The molecule has 0 heterocycles. The van der Waals surface area contributed by atoms with E-state index in [1.165, 1.54) is 5.56 Å². The quantitative estimate of drug-likeness (QED) is 0.547. The standard InChI is InChI=1S/C15H21NO2/c1-4-10-16(14(3)17)11-5-12-18-15-8-6-13(2)7-9-15/h4,6-9H,1,5,10-12H2,2-3H3. The number of amides is 1. The molecule has 0 aliphatic heterocycles. The fraction of sp³-hybridized carbons (Fsp3) is 0.400. The van der Waals surface area contributed by atoms with Crippen molar-refractivity contribution in [1.82, 2.24) is 4.90 Å². The number of nitrogens with zero attached hydrogens (tertiary/aromatic N) is 1. The number of hydrogen-bond acceptors (Lipinski definition) is 2. The molecular weight excluding hydrogens is 226 g/mol. The molecule has 1 aromatic carbocycles. The van der Waals surface area contributed by atoms with E-state index in [2.05, 4.69) is 6.58 Å². The molecule has 0 spiro atoms. The summed E-state index contributed by atoms with van der Waals surface area (Å²) in [6, 6.07) is 7.97. The van der Waals surface area contributed by atoms with E-state index in [4.69, 9.17) is 4.74 Å². The highest BCUT2D eigenvalue weighted by atomic mass is 16.5. The lowest BCUT2D eigenvalue weighted by Crippen LogP contribution is -2.30. The number of carbonyl (C=O) groups is 1. The molecule has 0 bridgehead atoms. The Kier molecular flexibility index (Phi) is 5.98. The van der Waals surface area contributed by atoms with Crippen molar-refractivity contribution in [1.29, 1.82) is 0 Å². The molecule has 0 radical (unpaired) electrons. The number of ether oxygens (including phenoxy) is 1. The summed E-state index contributed by atoms with van der Waals surface area (Å²) in [5, 5.41) is 0. The van der Waals surface area contributed by atoms with Gasteiger partial charge in [0.2, 0.25) is 5.91 Å². The van der Waals surface area contributed by atoms with E-state index in [0.29, 0.717) is 19.7 Å². The molecule has 0 atom stereocenters. The average molecular weight is 247 g/mol. The summed E-state index contributed by atoms with van der Waals surface area (Å²) in [4.78, 5) is 13.0. The molecule has 0 unspecified atom stereocenters. The van der Waals surface area contributed by atoms with Gasteiger partial charge in [0.05, 0.1) is 6.61 Å². The normalized spacial score (nSPS) is 9.89. The van der Waals surface area contributed by atoms with Crippen LogP contribution >= 0.6 is 0 Å². The van der Waals surface area contributed by atoms with Gasteiger partial charge in [-0.25, -0.2) is 0 Å². The highest BCUT2D eigenvalue weighted by Crippen LogP contribution is 2.11. The van der Waals surface area contributed by atoms with Gasteiger partial charge in [0.25, 0.3) is 0 Å². The lowest BCUT2D eigenvalue weighted by atomic mass is 10.2. The zero-order valence-electron chi connectivity index (χ0n) is 11.2. The van der Waals surface area contributed by atoms with Gasteiger partial charge in [-0.05, 0) is 25.5 Å². The largest absolute Gasteiger partial charge is 0.494 e. The molecule has 3 heteroatoms. The van der Waals surface area contributed by atoms with Gasteiger partial charge < -0.3 is 9.64 Å². The molecule has 98 valence electrons. The monoisotopic (exact) mass is 247 g/mol. The summed E-state index contributed by atoms with van der Waals surface area (Å²) in [5.41, 5.74) is 1.22. The first-order valence-corrected chi connectivity index (χ1v) is 6.19. The Balaban J connectivity index is 2.27. The summed E-state index contributed by atoms with van der Waals surface area (Å²) in [6.07, 6.45) is 2.56. The predicted molar refractivity (Wildman–Crippen MR) is 73.7 cm³/mol. The van der Waals surface area contributed by atoms with Crippen LogP contribution in [0.3, 0.4) is 0 Å². The first-order chi connectivity index (χ1) is 8.63. The number of aryl methyl sites for hydroxylation is 1. The Labute approximate surface area is 109 Å². The lowest BCUT2D eigenvalue weighted by Gasteiger charge is -2.19. The summed E-state index contributed by atoms with van der Waals surface area (Å²) in [7, 11) is 0. The SMILES string of the molecule is C=CCN(CCCOc1ccc(C)cc1)C(C)=O. The van der Waals surface area contributed by atoms with E-state index >= 15 is 0 Å². The smallest absolute Gasteiger partial charge is 0.219 e. The molecular formula is C15H21NO2. The molecule has 1 rings (SSSR count). The van der Waals surface area contributed by atoms with Gasteiger partial charge in [0, 0.05) is 20.0 Å². The minimum atomic E-state index is 0.0743. The van der Waals surface area contributed by atoms with Crippen molar-refractivity contribution in [3.05, 3.63) is 42.5 Å². The molecule has 1 amide bonds. The average Bonchev–Trinajstić information content (AvgIpc) is 2.35. The number of benzene rings is 1. The summed E-state index contributed by atoms with van der Waals surface area (Å²) < 4.78 is 5.61. The van der Waals surface area contributed by atoms with Crippen LogP contribution in [0.15, 0.2) is 36.9 Å². The van der Waals surface area contributed by atoms with Gasteiger partial charge in [0.1, 0.15) is 5.75 Å². The molecule has 0 N–H and O–H groups in total. The third-order valence-electron chi connectivity index (χ3n) is 2.66. The molecule has 3 nitrogen and oxygen atoms in total. The predicted octanol–water partition coefficient (Wildman–Crippen LogP) is 2.80. The first kappa shape index (κ1) is 14.3. The Bertz CT molecular complexity index is 384. The minimum Gasteiger partial charge on any atom is -0.494 e. The molecule has 0 aliphatic rings. The third-order valence-corrected chi connectivity index (χ3v) is 2.66. The zero-order valence-corrected chi connectivity index (χ0v) is 11.2. The van der Waals surface area contributed by atoms with E-state index < -0.39 is 0 Å². The summed E-state index contributed by atoms with van der Waals surface area (Å²) >= 11 is 0. The van der Waals surface area contributed by atoms with Crippen LogP contribution in [0.25, 0.3) is 0 Å². The second-order valence-corrected chi connectivity index (χ2v) is 4.27. The lowest BCUT2D eigenvalue weighted by molar-refractivity contribution is -0.128. The van der Waals surface area contributed by atoms with Crippen molar-refractivity contribution in [3.63, 3.8) is 0 Å². The Morgan fingerprint density at radius 1 is 1.39 bits per heavy atom. The first-order valence-electron chi connectivity index (χ1n) is 6.19. The van der Waals surface area contributed by atoms with Crippen molar-refractivity contribution in [2.75, 3.05) is 19.7 Å². The van der Waals surface area contributed by atoms with Crippen molar-refractivity contribution >= 4 is 5.91 Å².